The first-order valence-corrected chi connectivity index (χ1v) is 13.7. The second-order valence-electron chi connectivity index (χ2n) is 9.01. The summed E-state index contributed by atoms with van der Waals surface area (Å²) in [5, 5.41) is 15.4. The molecule has 0 bridgehead atoms. The van der Waals surface area contributed by atoms with Crippen molar-refractivity contribution in [3.8, 4) is 0 Å². The molecule has 200 valence electrons. The van der Waals surface area contributed by atoms with Gasteiger partial charge in [0.2, 0.25) is 16.0 Å². The summed E-state index contributed by atoms with van der Waals surface area (Å²) < 4.78 is 27.1. The first-order valence-electron chi connectivity index (χ1n) is 12.2. The first kappa shape index (κ1) is 27.0. The number of aryl methyl sites for hydroxylation is 1. The van der Waals surface area contributed by atoms with Crippen LogP contribution >= 0.6 is 0 Å². The molecule has 1 amide bonds. The summed E-state index contributed by atoms with van der Waals surface area (Å²) in [5.41, 5.74) is 2.24. The number of nitrogens with one attached hydrogen (secondary N) is 3. The molecular weight excluding hydrogens is 508 g/mol. The zero-order valence-electron chi connectivity index (χ0n) is 20.9. The minimum Gasteiger partial charge on any atom is -0.480 e. The molecule has 1 aromatic heterocycles. The number of aliphatic carboxylic acids is 1. The van der Waals surface area contributed by atoms with E-state index in [0.29, 0.717) is 11.5 Å². The van der Waals surface area contributed by atoms with Crippen molar-refractivity contribution in [1.82, 2.24) is 20.0 Å². The molecule has 0 spiro atoms. The molecule has 3 aromatic rings. The molecule has 2 aromatic carbocycles. The van der Waals surface area contributed by atoms with E-state index >= 15 is 0 Å². The van der Waals surface area contributed by atoms with Crippen molar-refractivity contribution in [2.45, 2.75) is 36.7 Å². The predicted molar refractivity (Wildman–Crippen MR) is 143 cm³/mol. The SMILES string of the molecule is Cc1ccnc(NC2CCN(c3ccc(C(=O)NC[C@H](NS(=O)(=O)c4ccccc4)C(=O)O)cc3)CC2)n1. The number of hydrogen-bond acceptors (Lipinski definition) is 8. The van der Waals surface area contributed by atoms with Gasteiger partial charge in [-0.15, -0.1) is 0 Å². The smallest absolute Gasteiger partial charge is 0.323 e. The lowest BCUT2D eigenvalue weighted by atomic mass is 10.0. The molecule has 1 saturated heterocycles. The topological polar surface area (TPSA) is 154 Å². The molecule has 0 radical (unpaired) electrons. The standard InChI is InChI=1S/C26H30N6O5S/c1-18-11-14-27-26(29-18)30-20-12-15-32(16-13-20)21-9-7-19(8-10-21)24(33)28-17-23(25(34)35)31-38(36,37)22-5-3-2-4-6-22/h2-11,14,20,23,31H,12-13,15-17H2,1H3,(H,28,33)(H,34,35)(H,27,29,30)/t23-/m0/s1. The van der Waals surface area contributed by atoms with E-state index in [0.717, 1.165) is 37.3 Å². The van der Waals surface area contributed by atoms with Crippen molar-refractivity contribution in [3.05, 3.63) is 78.1 Å². The molecule has 38 heavy (non-hydrogen) atoms. The van der Waals surface area contributed by atoms with E-state index in [2.05, 4.69) is 30.2 Å². The number of aromatic nitrogens is 2. The zero-order chi connectivity index (χ0) is 27.1. The Balaban J connectivity index is 1.28. The van der Waals surface area contributed by atoms with Gasteiger partial charge in [-0.3, -0.25) is 9.59 Å². The van der Waals surface area contributed by atoms with E-state index < -0.39 is 34.5 Å². The lowest BCUT2D eigenvalue weighted by Gasteiger charge is -2.34. The lowest BCUT2D eigenvalue weighted by Crippen LogP contribution is -2.48. The van der Waals surface area contributed by atoms with Gasteiger partial charge in [0.15, 0.2) is 0 Å². The number of sulfonamides is 1. The number of carboxylic acid groups (broad SMARTS) is 1. The minimum absolute atomic E-state index is 0.0588. The van der Waals surface area contributed by atoms with Crippen LogP contribution < -0.4 is 20.3 Å². The number of carbonyl (C=O) groups is 2. The van der Waals surface area contributed by atoms with Gasteiger partial charge in [-0.25, -0.2) is 18.4 Å². The fraction of sp³-hybridized carbons (Fsp3) is 0.308. The number of benzene rings is 2. The Morgan fingerprint density at radius 3 is 2.37 bits per heavy atom. The summed E-state index contributed by atoms with van der Waals surface area (Å²) in [7, 11) is -4.06. The molecule has 1 atom stereocenters. The summed E-state index contributed by atoms with van der Waals surface area (Å²) in [6.45, 7) is 3.18. The number of rotatable bonds is 10. The monoisotopic (exact) mass is 538 g/mol. The Kier molecular flexibility index (Phi) is 8.54. The normalized spacial score (nSPS) is 15.0. The molecule has 0 aliphatic carbocycles. The molecule has 1 aliphatic rings. The van der Waals surface area contributed by atoms with Crippen LogP contribution in [0.1, 0.15) is 28.9 Å². The van der Waals surface area contributed by atoms with Crippen LogP contribution in [-0.2, 0) is 14.8 Å². The summed E-state index contributed by atoms with van der Waals surface area (Å²) in [6, 6.07) is 15.1. The van der Waals surface area contributed by atoms with Crippen molar-refractivity contribution in [2.24, 2.45) is 0 Å². The number of anilines is 2. The molecule has 11 nitrogen and oxygen atoms in total. The molecular formula is C26H30N6O5S. The maximum Gasteiger partial charge on any atom is 0.323 e. The third kappa shape index (κ3) is 7.05. The van der Waals surface area contributed by atoms with Gasteiger partial charge in [0, 0.05) is 48.8 Å². The highest BCUT2D eigenvalue weighted by molar-refractivity contribution is 7.89. The molecule has 2 heterocycles. The van der Waals surface area contributed by atoms with Crippen LogP contribution in [0, 0.1) is 6.92 Å². The minimum atomic E-state index is -4.06. The number of piperidine rings is 1. The van der Waals surface area contributed by atoms with Gasteiger partial charge >= 0.3 is 5.97 Å². The highest BCUT2D eigenvalue weighted by Gasteiger charge is 2.26. The van der Waals surface area contributed by atoms with Crippen molar-refractivity contribution in [3.63, 3.8) is 0 Å². The molecule has 0 unspecified atom stereocenters. The van der Waals surface area contributed by atoms with E-state index in [4.69, 9.17) is 0 Å². The third-order valence-electron chi connectivity index (χ3n) is 6.23. The van der Waals surface area contributed by atoms with Crippen LogP contribution in [0.4, 0.5) is 11.6 Å². The number of nitrogens with zero attached hydrogens (tertiary/aromatic N) is 3. The Hall–Kier alpha value is -4.03. The fourth-order valence-electron chi connectivity index (χ4n) is 4.14. The maximum absolute atomic E-state index is 12.6. The second-order valence-corrected chi connectivity index (χ2v) is 10.7. The molecule has 1 fully saturated rings. The molecule has 1 aliphatic heterocycles. The number of carboxylic acids is 1. The molecule has 12 heteroatoms. The van der Waals surface area contributed by atoms with Gasteiger partial charge in [-0.1, -0.05) is 18.2 Å². The predicted octanol–water partition coefficient (Wildman–Crippen LogP) is 2.03. The van der Waals surface area contributed by atoms with E-state index in [1.54, 1.807) is 24.4 Å². The Bertz CT molecular complexity index is 1360. The highest BCUT2D eigenvalue weighted by atomic mass is 32.2. The Morgan fingerprint density at radius 1 is 1.05 bits per heavy atom. The van der Waals surface area contributed by atoms with Gasteiger partial charge in [0.05, 0.1) is 4.90 Å². The van der Waals surface area contributed by atoms with Gasteiger partial charge in [-0.05, 0) is 62.2 Å². The van der Waals surface area contributed by atoms with E-state index in [-0.39, 0.29) is 10.9 Å². The van der Waals surface area contributed by atoms with E-state index in [1.165, 1.54) is 24.3 Å². The number of carbonyl (C=O) groups excluding carboxylic acids is 1. The van der Waals surface area contributed by atoms with Gasteiger partial charge in [0.1, 0.15) is 6.04 Å². The zero-order valence-corrected chi connectivity index (χ0v) is 21.7. The van der Waals surface area contributed by atoms with Crippen LogP contribution in [0.15, 0.2) is 71.8 Å². The van der Waals surface area contributed by atoms with Gasteiger partial charge < -0.3 is 20.6 Å². The summed E-state index contributed by atoms with van der Waals surface area (Å²) in [4.78, 5) is 35.1. The van der Waals surface area contributed by atoms with Crippen LogP contribution in [0.2, 0.25) is 0 Å². The van der Waals surface area contributed by atoms with Crippen molar-refractivity contribution in [1.29, 1.82) is 0 Å². The number of hydrogen-bond donors (Lipinski definition) is 4. The summed E-state index contributed by atoms with van der Waals surface area (Å²) >= 11 is 0. The largest absolute Gasteiger partial charge is 0.480 e. The molecule has 4 N–H and O–H groups in total. The second kappa shape index (κ2) is 12.0. The van der Waals surface area contributed by atoms with Crippen LogP contribution in [-0.4, -0.2) is 67.1 Å². The van der Waals surface area contributed by atoms with Crippen molar-refractivity contribution < 1.29 is 23.1 Å². The average Bonchev–Trinajstić information content (AvgIpc) is 2.92. The fourth-order valence-corrected chi connectivity index (χ4v) is 5.35. The average molecular weight is 539 g/mol. The maximum atomic E-state index is 12.6. The van der Waals surface area contributed by atoms with Crippen molar-refractivity contribution in [2.75, 3.05) is 29.9 Å². The van der Waals surface area contributed by atoms with Gasteiger partial charge in [-0.2, -0.15) is 4.72 Å². The van der Waals surface area contributed by atoms with Crippen molar-refractivity contribution >= 4 is 33.5 Å². The lowest BCUT2D eigenvalue weighted by molar-refractivity contribution is -0.138. The summed E-state index contributed by atoms with van der Waals surface area (Å²) in [6.07, 6.45) is 3.56. The quantitative estimate of drug-likeness (QED) is 0.304. The van der Waals surface area contributed by atoms with E-state index in [9.17, 15) is 23.1 Å². The van der Waals surface area contributed by atoms with E-state index in [1.807, 2.05) is 25.1 Å². The van der Waals surface area contributed by atoms with Crippen LogP contribution in [0.3, 0.4) is 0 Å². The molecule has 0 saturated carbocycles. The third-order valence-corrected chi connectivity index (χ3v) is 7.72. The Morgan fingerprint density at radius 2 is 1.74 bits per heavy atom. The summed E-state index contributed by atoms with van der Waals surface area (Å²) in [5.74, 6) is -1.26. The highest BCUT2D eigenvalue weighted by Crippen LogP contribution is 2.22. The van der Waals surface area contributed by atoms with Crippen LogP contribution in [0.25, 0.3) is 0 Å². The molecule has 4 rings (SSSR count). The van der Waals surface area contributed by atoms with Crippen LogP contribution in [0.5, 0.6) is 0 Å². The van der Waals surface area contributed by atoms with Gasteiger partial charge in [0.25, 0.3) is 5.91 Å². The Labute approximate surface area is 221 Å². The number of amides is 1. The first-order chi connectivity index (χ1) is 18.2.